The predicted molar refractivity (Wildman–Crippen MR) is 74.6 cm³/mol. The molecule has 2 N–H and O–H groups in total. The smallest absolute Gasteiger partial charge is 0.134 e. The van der Waals surface area contributed by atoms with Gasteiger partial charge in [-0.2, -0.15) is 11.8 Å². The molecule has 1 aromatic rings. The van der Waals surface area contributed by atoms with Gasteiger partial charge in [-0.1, -0.05) is 13.8 Å². The lowest BCUT2D eigenvalue weighted by molar-refractivity contribution is 0.754. The van der Waals surface area contributed by atoms with E-state index in [9.17, 15) is 0 Å². The molecule has 1 aliphatic rings. The largest absolute Gasteiger partial charge is 0.384 e. The summed E-state index contributed by atoms with van der Waals surface area (Å²) < 4.78 is 0. The van der Waals surface area contributed by atoms with Crippen LogP contribution in [-0.2, 0) is 6.42 Å². The number of rotatable bonds is 3. The highest BCUT2D eigenvalue weighted by atomic mass is 32.2. The summed E-state index contributed by atoms with van der Waals surface area (Å²) in [4.78, 5) is 11.2. The van der Waals surface area contributed by atoms with Crippen molar-refractivity contribution in [3.8, 4) is 0 Å². The molecule has 1 saturated heterocycles. The second-order valence-electron chi connectivity index (χ2n) is 4.44. The normalized spacial score (nSPS) is 20.6. The summed E-state index contributed by atoms with van der Waals surface area (Å²) in [6.07, 6.45) is 1.95. The summed E-state index contributed by atoms with van der Waals surface area (Å²) in [6.45, 7) is 6.49. The van der Waals surface area contributed by atoms with Crippen LogP contribution in [0.2, 0.25) is 0 Å². The number of nitrogen functional groups attached to an aromatic ring is 1. The average Bonchev–Trinajstić information content (AvgIpc) is 2.28. The summed E-state index contributed by atoms with van der Waals surface area (Å²) in [6, 6.07) is 1.89. The maximum Gasteiger partial charge on any atom is 0.134 e. The number of nitrogens with two attached hydrogens (primary N) is 1. The van der Waals surface area contributed by atoms with Crippen LogP contribution in [0.5, 0.6) is 0 Å². The minimum atomic E-state index is 0.587. The molecular formula is C12H20N4S. The van der Waals surface area contributed by atoms with Crippen LogP contribution >= 0.6 is 11.8 Å². The molecule has 1 aromatic heterocycles. The minimum absolute atomic E-state index is 0.587. The third-order valence-corrected chi connectivity index (χ3v) is 3.95. The number of anilines is 2. The Balaban J connectivity index is 2.18. The van der Waals surface area contributed by atoms with E-state index in [2.05, 4.69) is 28.7 Å². The quantitative estimate of drug-likeness (QED) is 0.891. The van der Waals surface area contributed by atoms with Gasteiger partial charge in [0.15, 0.2) is 0 Å². The van der Waals surface area contributed by atoms with Crippen molar-refractivity contribution in [3.63, 3.8) is 0 Å². The monoisotopic (exact) mass is 252 g/mol. The Labute approximate surface area is 107 Å². The molecule has 2 heterocycles. The fourth-order valence-electron chi connectivity index (χ4n) is 2.03. The number of aromatic nitrogens is 2. The molecular weight excluding hydrogens is 232 g/mol. The van der Waals surface area contributed by atoms with Gasteiger partial charge in [-0.15, -0.1) is 0 Å². The zero-order valence-electron chi connectivity index (χ0n) is 10.5. The standard InChI is InChI=1S/C12H20N4S/c1-3-4-11-14-10(13)7-12(15-11)16-5-6-17-9(2)8-16/h7,9H,3-6,8H2,1-2H3,(H2,13,14,15). The van der Waals surface area contributed by atoms with Crippen molar-refractivity contribution in [2.75, 3.05) is 29.5 Å². The molecule has 0 bridgehead atoms. The Morgan fingerprint density at radius 1 is 1.53 bits per heavy atom. The molecule has 0 saturated carbocycles. The van der Waals surface area contributed by atoms with Crippen LogP contribution in [0.15, 0.2) is 6.07 Å². The van der Waals surface area contributed by atoms with Crippen molar-refractivity contribution in [2.24, 2.45) is 0 Å². The second-order valence-corrected chi connectivity index (χ2v) is 5.99. The zero-order chi connectivity index (χ0) is 12.3. The average molecular weight is 252 g/mol. The lowest BCUT2D eigenvalue weighted by atomic mass is 10.3. The number of hydrogen-bond donors (Lipinski definition) is 1. The molecule has 0 amide bonds. The van der Waals surface area contributed by atoms with E-state index in [-0.39, 0.29) is 0 Å². The molecule has 5 heteroatoms. The summed E-state index contributed by atoms with van der Waals surface area (Å²) in [5.74, 6) is 3.61. The van der Waals surface area contributed by atoms with Gasteiger partial charge in [0.25, 0.3) is 0 Å². The van der Waals surface area contributed by atoms with Gasteiger partial charge in [0.05, 0.1) is 0 Å². The Bertz CT molecular complexity index is 383. The number of thioether (sulfide) groups is 1. The van der Waals surface area contributed by atoms with E-state index in [0.29, 0.717) is 11.1 Å². The Hall–Kier alpha value is -0.970. The number of aryl methyl sites for hydroxylation is 1. The van der Waals surface area contributed by atoms with Crippen LogP contribution in [0.3, 0.4) is 0 Å². The van der Waals surface area contributed by atoms with Crippen LogP contribution in [0.25, 0.3) is 0 Å². The highest BCUT2D eigenvalue weighted by Gasteiger charge is 2.18. The van der Waals surface area contributed by atoms with Crippen molar-refractivity contribution in [3.05, 3.63) is 11.9 Å². The van der Waals surface area contributed by atoms with Gasteiger partial charge in [0.2, 0.25) is 0 Å². The van der Waals surface area contributed by atoms with Crippen molar-refractivity contribution in [2.45, 2.75) is 31.9 Å². The first-order valence-corrected chi connectivity index (χ1v) is 7.24. The van der Waals surface area contributed by atoms with E-state index in [0.717, 1.165) is 43.3 Å². The summed E-state index contributed by atoms with van der Waals surface area (Å²) in [5.41, 5.74) is 5.85. The third-order valence-electron chi connectivity index (χ3n) is 2.82. The van der Waals surface area contributed by atoms with Gasteiger partial charge in [0.1, 0.15) is 17.5 Å². The molecule has 0 aromatic carbocycles. The number of nitrogens with zero attached hydrogens (tertiary/aromatic N) is 3. The highest BCUT2D eigenvalue weighted by Crippen LogP contribution is 2.23. The maximum absolute atomic E-state index is 5.85. The van der Waals surface area contributed by atoms with E-state index in [1.165, 1.54) is 0 Å². The molecule has 94 valence electrons. The summed E-state index contributed by atoms with van der Waals surface area (Å²) in [5, 5.41) is 0.662. The van der Waals surface area contributed by atoms with Gasteiger partial charge in [-0.25, -0.2) is 9.97 Å². The molecule has 1 aliphatic heterocycles. The van der Waals surface area contributed by atoms with Crippen molar-refractivity contribution < 1.29 is 0 Å². The summed E-state index contributed by atoms with van der Waals surface area (Å²) >= 11 is 2.02. The van der Waals surface area contributed by atoms with Crippen molar-refractivity contribution in [1.29, 1.82) is 0 Å². The van der Waals surface area contributed by atoms with E-state index >= 15 is 0 Å². The lowest BCUT2D eigenvalue weighted by Gasteiger charge is -2.31. The third kappa shape index (κ3) is 3.25. The van der Waals surface area contributed by atoms with Gasteiger partial charge >= 0.3 is 0 Å². The van der Waals surface area contributed by atoms with Crippen LogP contribution in [0.1, 0.15) is 26.1 Å². The van der Waals surface area contributed by atoms with Crippen LogP contribution in [0, 0.1) is 0 Å². The molecule has 1 atom stereocenters. The van der Waals surface area contributed by atoms with Crippen molar-refractivity contribution >= 4 is 23.4 Å². The Morgan fingerprint density at radius 3 is 3.06 bits per heavy atom. The van der Waals surface area contributed by atoms with Gasteiger partial charge in [-0.05, 0) is 6.42 Å². The highest BCUT2D eigenvalue weighted by molar-refractivity contribution is 8.00. The predicted octanol–water partition coefficient (Wildman–Crippen LogP) is 1.95. The van der Waals surface area contributed by atoms with Crippen LogP contribution < -0.4 is 10.6 Å². The van der Waals surface area contributed by atoms with Gasteiger partial charge in [-0.3, -0.25) is 0 Å². The molecule has 1 fully saturated rings. The molecule has 17 heavy (non-hydrogen) atoms. The van der Waals surface area contributed by atoms with Crippen LogP contribution in [0.4, 0.5) is 11.6 Å². The first-order chi connectivity index (χ1) is 8.19. The molecule has 4 nitrogen and oxygen atoms in total. The molecule has 2 rings (SSSR count). The fourth-order valence-corrected chi connectivity index (χ4v) is 3.04. The summed E-state index contributed by atoms with van der Waals surface area (Å²) in [7, 11) is 0. The molecule has 0 radical (unpaired) electrons. The minimum Gasteiger partial charge on any atom is -0.384 e. The first-order valence-electron chi connectivity index (χ1n) is 6.19. The van der Waals surface area contributed by atoms with Gasteiger partial charge < -0.3 is 10.6 Å². The van der Waals surface area contributed by atoms with E-state index in [1.807, 2.05) is 17.8 Å². The maximum atomic E-state index is 5.85. The van der Waals surface area contributed by atoms with E-state index < -0.39 is 0 Å². The Kier molecular flexibility index (Phi) is 4.10. The van der Waals surface area contributed by atoms with E-state index in [1.54, 1.807) is 0 Å². The molecule has 0 spiro atoms. The lowest BCUT2D eigenvalue weighted by Crippen LogP contribution is -2.37. The first kappa shape index (κ1) is 12.5. The van der Waals surface area contributed by atoms with E-state index in [4.69, 9.17) is 5.73 Å². The van der Waals surface area contributed by atoms with Gasteiger partial charge in [0, 0.05) is 36.6 Å². The topological polar surface area (TPSA) is 55.0 Å². The Morgan fingerprint density at radius 2 is 2.35 bits per heavy atom. The fraction of sp³-hybridized carbons (Fsp3) is 0.667. The zero-order valence-corrected chi connectivity index (χ0v) is 11.3. The molecule has 1 unspecified atom stereocenters. The SMILES string of the molecule is CCCc1nc(N)cc(N2CCSC(C)C2)n1. The molecule has 0 aliphatic carbocycles. The second kappa shape index (κ2) is 5.58. The number of hydrogen-bond acceptors (Lipinski definition) is 5. The van der Waals surface area contributed by atoms with Crippen LogP contribution in [-0.4, -0.2) is 34.1 Å². The van der Waals surface area contributed by atoms with Crippen molar-refractivity contribution in [1.82, 2.24) is 9.97 Å².